The van der Waals surface area contributed by atoms with E-state index in [0.717, 1.165) is 37.3 Å². The number of hydrogen-bond acceptors (Lipinski definition) is 5. The van der Waals surface area contributed by atoms with Crippen LogP contribution in [-0.4, -0.2) is 37.6 Å². The second kappa shape index (κ2) is 7.09. The van der Waals surface area contributed by atoms with Crippen LogP contribution < -0.4 is 5.76 Å². The second-order valence-electron chi connectivity index (χ2n) is 7.27. The minimum absolute atomic E-state index is 0.308. The first-order chi connectivity index (χ1) is 13.8. The van der Waals surface area contributed by atoms with Gasteiger partial charge in [0.25, 0.3) is 0 Å². The van der Waals surface area contributed by atoms with Gasteiger partial charge in [-0.1, -0.05) is 47.7 Å². The summed E-state index contributed by atoms with van der Waals surface area (Å²) in [6, 6.07) is 18.2. The molecule has 1 fully saturated rings. The molecule has 1 atom stereocenters. The Balaban J connectivity index is 1.29. The fraction of sp³-hybridized carbons (Fsp3) is 0.286. The highest BCUT2D eigenvalue weighted by Gasteiger charge is 2.25. The molecule has 0 unspecified atom stereocenters. The summed E-state index contributed by atoms with van der Waals surface area (Å²) in [7, 11) is 0. The third-order valence-corrected chi connectivity index (χ3v) is 5.32. The molecule has 4 aromatic rings. The number of aromatic nitrogens is 4. The predicted molar refractivity (Wildman–Crippen MR) is 105 cm³/mol. The van der Waals surface area contributed by atoms with Crippen LogP contribution >= 0.6 is 0 Å². The van der Waals surface area contributed by atoms with Gasteiger partial charge in [-0.3, -0.25) is 9.47 Å². The van der Waals surface area contributed by atoms with Crippen molar-refractivity contribution in [1.29, 1.82) is 0 Å². The molecule has 0 saturated carbocycles. The standard InChI is InChI=1S/C21H21N5O2/c27-21-25(19-8-4-5-9-20(19)28-21)13-17-14-26(23-22-17)18-10-11-24(15-18)12-16-6-2-1-3-7-16/h1-9,14,18H,10-13,15H2/t18-/m0/s1. The van der Waals surface area contributed by atoms with Gasteiger partial charge in [-0.15, -0.1) is 5.10 Å². The number of para-hydroxylation sites is 2. The van der Waals surface area contributed by atoms with Crippen LogP contribution in [0.4, 0.5) is 0 Å². The van der Waals surface area contributed by atoms with Gasteiger partial charge in [0.05, 0.1) is 24.3 Å². The van der Waals surface area contributed by atoms with Gasteiger partial charge in [0.15, 0.2) is 5.58 Å². The molecule has 1 aliphatic rings. The Morgan fingerprint density at radius 3 is 2.75 bits per heavy atom. The van der Waals surface area contributed by atoms with Crippen LogP contribution in [0, 0.1) is 0 Å². The van der Waals surface area contributed by atoms with Gasteiger partial charge in [0, 0.05) is 19.6 Å². The van der Waals surface area contributed by atoms with Crippen LogP contribution in [0.1, 0.15) is 23.7 Å². The Hall–Kier alpha value is -3.19. The van der Waals surface area contributed by atoms with Crippen molar-refractivity contribution < 1.29 is 4.42 Å². The van der Waals surface area contributed by atoms with Crippen molar-refractivity contribution in [2.75, 3.05) is 13.1 Å². The Labute approximate surface area is 161 Å². The quantitative estimate of drug-likeness (QED) is 0.536. The summed E-state index contributed by atoms with van der Waals surface area (Å²) in [6.07, 6.45) is 3.00. The van der Waals surface area contributed by atoms with E-state index < -0.39 is 0 Å². The molecule has 7 nitrogen and oxygen atoms in total. The predicted octanol–water partition coefficient (Wildman–Crippen LogP) is 2.68. The van der Waals surface area contributed by atoms with Crippen molar-refractivity contribution >= 4 is 11.1 Å². The zero-order valence-corrected chi connectivity index (χ0v) is 15.4. The molecule has 3 heterocycles. The van der Waals surface area contributed by atoms with E-state index in [1.807, 2.05) is 35.1 Å². The first-order valence-electron chi connectivity index (χ1n) is 9.51. The molecule has 0 amide bonds. The third kappa shape index (κ3) is 3.25. The molecule has 1 aliphatic heterocycles. The molecule has 142 valence electrons. The molecule has 0 spiro atoms. The maximum atomic E-state index is 12.2. The lowest BCUT2D eigenvalue weighted by molar-refractivity contribution is 0.310. The number of benzene rings is 2. The first kappa shape index (κ1) is 16.9. The van der Waals surface area contributed by atoms with Gasteiger partial charge in [-0.25, -0.2) is 9.48 Å². The number of likely N-dealkylation sites (tertiary alicyclic amines) is 1. The molecule has 1 saturated heterocycles. The van der Waals surface area contributed by atoms with Crippen LogP contribution in [0.3, 0.4) is 0 Å². The van der Waals surface area contributed by atoms with E-state index in [4.69, 9.17) is 4.42 Å². The van der Waals surface area contributed by atoms with Crippen LogP contribution in [0.15, 0.2) is 70.0 Å². The van der Waals surface area contributed by atoms with E-state index in [0.29, 0.717) is 18.2 Å². The van der Waals surface area contributed by atoms with Crippen molar-refractivity contribution in [1.82, 2.24) is 24.5 Å². The molecule has 28 heavy (non-hydrogen) atoms. The number of oxazole rings is 1. The SMILES string of the molecule is O=c1oc2ccccc2n1Cc1cn([C@H]2CCN(Cc3ccccc3)C2)nn1. The van der Waals surface area contributed by atoms with Crippen molar-refractivity contribution in [3.05, 3.63) is 82.6 Å². The Bertz CT molecular complexity index is 1140. The molecular weight excluding hydrogens is 354 g/mol. The van der Waals surface area contributed by atoms with Crippen LogP contribution in [-0.2, 0) is 13.1 Å². The summed E-state index contributed by atoms with van der Waals surface area (Å²) in [4.78, 5) is 14.6. The largest absolute Gasteiger partial charge is 0.420 e. The minimum atomic E-state index is -0.370. The second-order valence-corrected chi connectivity index (χ2v) is 7.27. The van der Waals surface area contributed by atoms with E-state index in [1.54, 1.807) is 10.6 Å². The first-order valence-corrected chi connectivity index (χ1v) is 9.51. The molecule has 0 N–H and O–H groups in total. The zero-order valence-electron chi connectivity index (χ0n) is 15.4. The number of fused-ring (bicyclic) bond motifs is 1. The fourth-order valence-corrected chi connectivity index (χ4v) is 3.90. The van der Waals surface area contributed by atoms with E-state index in [-0.39, 0.29) is 5.76 Å². The lowest BCUT2D eigenvalue weighted by Crippen LogP contribution is -2.21. The summed E-state index contributed by atoms with van der Waals surface area (Å²) in [5, 5.41) is 8.61. The molecule has 0 bridgehead atoms. The highest BCUT2D eigenvalue weighted by atomic mass is 16.4. The number of hydrogen-bond donors (Lipinski definition) is 0. The fourth-order valence-electron chi connectivity index (χ4n) is 3.90. The third-order valence-electron chi connectivity index (χ3n) is 5.32. The van der Waals surface area contributed by atoms with E-state index >= 15 is 0 Å². The van der Waals surface area contributed by atoms with Crippen molar-refractivity contribution in [3.8, 4) is 0 Å². The van der Waals surface area contributed by atoms with Crippen LogP contribution in [0.25, 0.3) is 11.1 Å². The molecular formula is C21H21N5O2. The Morgan fingerprint density at radius 2 is 1.86 bits per heavy atom. The lowest BCUT2D eigenvalue weighted by Gasteiger charge is -2.15. The van der Waals surface area contributed by atoms with Gasteiger partial charge in [-0.2, -0.15) is 0 Å². The average molecular weight is 375 g/mol. The molecule has 0 aliphatic carbocycles. The summed E-state index contributed by atoms with van der Waals surface area (Å²) >= 11 is 0. The average Bonchev–Trinajstić information content (AvgIpc) is 3.43. The van der Waals surface area contributed by atoms with Crippen molar-refractivity contribution in [3.63, 3.8) is 0 Å². The molecule has 0 radical (unpaired) electrons. The van der Waals surface area contributed by atoms with Gasteiger partial charge in [-0.05, 0) is 24.1 Å². The maximum Gasteiger partial charge on any atom is 0.420 e. The minimum Gasteiger partial charge on any atom is -0.408 e. The van der Waals surface area contributed by atoms with Crippen LogP contribution in [0.5, 0.6) is 0 Å². The monoisotopic (exact) mass is 375 g/mol. The van der Waals surface area contributed by atoms with Gasteiger partial charge >= 0.3 is 5.76 Å². The van der Waals surface area contributed by atoms with Gasteiger partial charge < -0.3 is 4.42 Å². The summed E-state index contributed by atoms with van der Waals surface area (Å²) in [5.74, 6) is -0.370. The summed E-state index contributed by atoms with van der Waals surface area (Å²) in [5.41, 5.74) is 3.45. The number of nitrogens with zero attached hydrogens (tertiary/aromatic N) is 5. The van der Waals surface area contributed by atoms with E-state index in [2.05, 4.69) is 39.5 Å². The van der Waals surface area contributed by atoms with Crippen molar-refractivity contribution in [2.24, 2.45) is 0 Å². The number of rotatable bonds is 5. The van der Waals surface area contributed by atoms with E-state index in [1.165, 1.54) is 5.56 Å². The lowest BCUT2D eigenvalue weighted by atomic mass is 10.2. The van der Waals surface area contributed by atoms with E-state index in [9.17, 15) is 4.79 Å². The Morgan fingerprint density at radius 1 is 1.04 bits per heavy atom. The Kier molecular flexibility index (Phi) is 4.29. The summed E-state index contributed by atoms with van der Waals surface area (Å²) in [6.45, 7) is 3.30. The highest BCUT2D eigenvalue weighted by Crippen LogP contribution is 2.23. The molecule has 7 heteroatoms. The highest BCUT2D eigenvalue weighted by molar-refractivity contribution is 5.72. The topological polar surface area (TPSA) is 69.1 Å². The normalized spacial score (nSPS) is 17.5. The van der Waals surface area contributed by atoms with Gasteiger partial charge in [0.1, 0.15) is 5.69 Å². The molecule has 5 rings (SSSR count). The smallest absolute Gasteiger partial charge is 0.408 e. The zero-order chi connectivity index (χ0) is 18.9. The maximum absolute atomic E-state index is 12.2. The molecule has 2 aromatic carbocycles. The molecule has 2 aromatic heterocycles. The summed E-state index contributed by atoms with van der Waals surface area (Å²) < 4.78 is 8.83. The van der Waals surface area contributed by atoms with Crippen LogP contribution in [0.2, 0.25) is 0 Å². The van der Waals surface area contributed by atoms with Crippen molar-refractivity contribution in [2.45, 2.75) is 25.6 Å². The van der Waals surface area contributed by atoms with Gasteiger partial charge in [0.2, 0.25) is 0 Å².